The Hall–Kier alpha value is -0.840. The smallest absolute Gasteiger partial charge is 0.224 e. The minimum Gasteiger partial charge on any atom is -0.369 e. The van der Waals surface area contributed by atoms with Gasteiger partial charge in [0.05, 0.1) is 4.47 Å². The molecule has 0 saturated heterocycles. The normalized spacial score (nSPS) is 22.6. The molecule has 5 heteroatoms. The molecule has 1 aliphatic carbocycles. The predicted octanol–water partition coefficient (Wildman–Crippen LogP) is 4.30. The van der Waals surface area contributed by atoms with Crippen LogP contribution in [0.3, 0.4) is 0 Å². The first kappa shape index (κ1) is 15.5. The topological polar surface area (TPSA) is 49.8 Å². The summed E-state index contributed by atoms with van der Waals surface area (Å²) in [5.74, 6) is 3.38. The molecule has 1 aromatic rings. The van der Waals surface area contributed by atoms with Gasteiger partial charge in [-0.05, 0) is 41.1 Å². The highest BCUT2D eigenvalue weighted by atomic mass is 79.9. The molecule has 0 bridgehead atoms. The summed E-state index contributed by atoms with van der Waals surface area (Å²) in [6, 6.07) is 0. The SMILES string of the molecule is CCNc1ncc(Br)c(NCCC2CCC(C)CC2)n1. The van der Waals surface area contributed by atoms with E-state index in [4.69, 9.17) is 0 Å². The van der Waals surface area contributed by atoms with Crippen molar-refractivity contribution in [2.45, 2.75) is 46.0 Å². The van der Waals surface area contributed by atoms with Crippen molar-refractivity contribution < 1.29 is 0 Å². The van der Waals surface area contributed by atoms with E-state index in [1.54, 1.807) is 6.20 Å². The van der Waals surface area contributed by atoms with Crippen molar-refractivity contribution in [3.63, 3.8) is 0 Å². The zero-order valence-corrected chi connectivity index (χ0v) is 14.0. The van der Waals surface area contributed by atoms with Gasteiger partial charge in [-0.2, -0.15) is 4.98 Å². The van der Waals surface area contributed by atoms with Gasteiger partial charge in [-0.1, -0.05) is 32.6 Å². The van der Waals surface area contributed by atoms with Crippen molar-refractivity contribution in [3.05, 3.63) is 10.7 Å². The zero-order valence-electron chi connectivity index (χ0n) is 12.5. The quantitative estimate of drug-likeness (QED) is 0.810. The molecule has 0 aromatic carbocycles. The van der Waals surface area contributed by atoms with Gasteiger partial charge >= 0.3 is 0 Å². The number of nitrogens with one attached hydrogen (secondary N) is 2. The molecule has 4 nitrogen and oxygen atoms in total. The predicted molar refractivity (Wildman–Crippen MR) is 88.1 cm³/mol. The maximum Gasteiger partial charge on any atom is 0.224 e. The Morgan fingerprint density at radius 3 is 2.70 bits per heavy atom. The summed E-state index contributed by atoms with van der Waals surface area (Å²) in [4.78, 5) is 8.70. The van der Waals surface area contributed by atoms with Crippen molar-refractivity contribution in [2.75, 3.05) is 23.7 Å². The van der Waals surface area contributed by atoms with Crippen LogP contribution in [0.25, 0.3) is 0 Å². The van der Waals surface area contributed by atoms with E-state index in [0.29, 0.717) is 5.95 Å². The van der Waals surface area contributed by atoms with Gasteiger partial charge in [0.1, 0.15) is 5.82 Å². The van der Waals surface area contributed by atoms with Gasteiger partial charge in [-0.3, -0.25) is 0 Å². The average molecular weight is 341 g/mol. The summed E-state index contributed by atoms with van der Waals surface area (Å²) in [6.45, 7) is 6.23. The molecule has 1 aliphatic rings. The molecule has 0 radical (unpaired) electrons. The van der Waals surface area contributed by atoms with Gasteiger partial charge in [-0.25, -0.2) is 4.98 Å². The van der Waals surface area contributed by atoms with Gasteiger partial charge in [-0.15, -0.1) is 0 Å². The van der Waals surface area contributed by atoms with Crippen LogP contribution in [-0.2, 0) is 0 Å². The highest BCUT2D eigenvalue weighted by molar-refractivity contribution is 9.10. The monoisotopic (exact) mass is 340 g/mol. The van der Waals surface area contributed by atoms with Crippen molar-refractivity contribution in [1.29, 1.82) is 0 Å². The lowest BCUT2D eigenvalue weighted by molar-refractivity contribution is 0.282. The van der Waals surface area contributed by atoms with E-state index >= 15 is 0 Å². The fourth-order valence-corrected chi connectivity index (χ4v) is 3.08. The third kappa shape index (κ3) is 4.62. The first-order valence-corrected chi connectivity index (χ1v) is 8.48. The zero-order chi connectivity index (χ0) is 14.4. The Morgan fingerprint density at radius 2 is 2.00 bits per heavy atom. The molecular formula is C15H25BrN4. The lowest BCUT2D eigenvalue weighted by Crippen LogP contribution is -2.16. The molecule has 1 aromatic heterocycles. The molecule has 0 atom stereocenters. The van der Waals surface area contributed by atoms with Gasteiger partial charge in [0, 0.05) is 19.3 Å². The van der Waals surface area contributed by atoms with Gasteiger partial charge in [0.2, 0.25) is 5.95 Å². The van der Waals surface area contributed by atoms with E-state index in [1.807, 2.05) is 6.92 Å². The van der Waals surface area contributed by atoms with Crippen LogP contribution in [0.2, 0.25) is 0 Å². The molecule has 20 heavy (non-hydrogen) atoms. The molecular weight excluding hydrogens is 316 g/mol. The largest absolute Gasteiger partial charge is 0.369 e. The fraction of sp³-hybridized carbons (Fsp3) is 0.733. The number of hydrogen-bond donors (Lipinski definition) is 2. The molecule has 112 valence electrons. The third-order valence-corrected chi connectivity index (χ3v) is 4.64. The highest BCUT2D eigenvalue weighted by Crippen LogP contribution is 2.30. The van der Waals surface area contributed by atoms with E-state index < -0.39 is 0 Å². The van der Waals surface area contributed by atoms with Crippen LogP contribution in [0.1, 0.15) is 46.0 Å². The van der Waals surface area contributed by atoms with Gasteiger partial charge in [0.15, 0.2) is 0 Å². The average Bonchev–Trinajstić information content (AvgIpc) is 2.45. The molecule has 2 rings (SSSR count). The molecule has 0 amide bonds. The van der Waals surface area contributed by atoms with Crippen molar-refractivity contribution in [1.82, 2.24) is 9.97 Å². The van der Waals surface area contributed by atoms with Crippen LogP contribution in [0.4, 0.5) is 11.8 Å². The summed E-state index contributed by atoms with van der Waals surface area (Å²) < 4.78 is 0.927. The summed E-state index contributed by atoms with van der Waals surface area (Å²) >= 11 is 3.50. The molecule has 2 N–H and O–H groups in total. The Balaban J connectivity index is 1.79. The Kier molecular flexibility index (Phi) is 6.07. The number of nitrogens with zero attached hydrogens (tertiary/aromatic N) is 2. The minimum absolute atomic E-state index is 0.685. The first-order valence-electron chi connectivity index (χ1n) is 7.69. The standard InChI is InChI=1S/C15H25BrN4/c1-3-17-15-19-10-13(16)14(20-15)18-9-8-12-6-4-11(2)5-7-12/h10-12H,3-9H2,1-2H3,(H2,17,18,19,20). The summed E-state index contributed by atoms with van der Waals surface area (Å²) in [5.41, 5.74) is 0. The second kappa shape index (κ2) is 7.81. The number of anilines is 2. The second-order valence-corrected chi connectivity index (χ2v) is 6.62. The number of halogens is 1. The maximum absolute atomic E-state index is 4.48. The Morgan fingerprint density at radius 1 is 1.25 bits per heavy atom. The molecule has 0 spiro atoms. The van der Waals surface area contributed by atoms with E-state index in [9.17, 15) is 0 Å². The molecule has 1 fully saturated rings. The van der Waals surface area contributed by atoms with Crippen LogP contribution < -0.4 is 10.6 Å². The van der Waals surface area contributed by atoms with Crippen LogP contribution >= 0.6 is 15.9 Å². The summed E-state index contributed by atoms with van der Waals surface area (Å²) in [6.07, 6.45) is 8.60. The second-order valence-electron chi connectivity index (χ2n) is 5.76. The van der Waals surface area contributed by atoms with Crippen LogP contribution in [0.5, 0.6) is 0 Å². The molecule has 1 heterocycles. The third-order valence-electron chi connectivity index (χ3n) is 4.06. The highest BCUT2D eigenvalue weighted by Gasteiger charge is 2.17. The lowest BCUT2D eigenvalue weighted by Gasteiger charge is -2.26. The van der Waals surface area contributed by atoms with Gasteiger partial charge < -0.3 is 10.6 Å². The maximum atomic E-state index is 4.48. The van der Waals surface area contributed by atoms with E-state index in [2.05, 4.69) is 43.5 Å². The lowest BCUT2D eigenvalue weighted by atomic mass is 9.81. The van der Waals surface area contributed by atoms with Crippen molar-refractivity contribution in [2.24, 2.45) is 11.8 Å². The minimum atomic E-state index is 0.685. The molecule has 1 saturated carbocycles. The first-order chi connectivity index (χ1) is 9.69. The van der Waals surface area contributed by atoms with E-state index in [-0.39, 0.29) is 0 Å². The van der Waals surface area contributed by atoms with Crippen molar-refractivity contribution in [3.8, 4) is 0 Å². The van der Waals surface area contributed by atoms with Crippen LogP contribution in [0.15, 0.2) is 10.7 Å². The Labute approximate surface area is 130 Å². The number of hydrogen-bond acceptors (Lipinski definition) is 4. The van der Waals surface area contributed by atoms with Crippen LogP contribution in [0, 0.1) is 11.8 Å². The number of rotatable bonds is 6. The fourth-order valence-electron chi connectivity index (χ4n) is 2.75. The van der Waals surface area contributed by atoms with Crippen LogP contribution in [-0.4, -0.2) is 23.1 Å². The molecule has 0 aliphatic heterocycles. The van der Waals surface area contributed by atoms with Gasteiger partial charge in [0.25, 0.3) is 0 Å². The summed E-state index contributed by atoms with van der Waals surface area (Å²) in [7, 11) is 0. The van der Waals surface area contributed by atoms with E-state index in [0.717, 1.165) is 35.2 Å². The summed E-state index contributed by atoms with van der Waals surface area (Å²) in [5, 5.41) is 6.57. The molecule has 0 unspecified atom stereocenters. The Bertz CT molecular complexity index is 416. The van der Waals surface area contributed by atoms with Crippen molar-refractivity contribution >= 4 is 27.7 Å². The van der Waals surface area contributed by atoms with E-state index in [1.165, 1.54) is 32.1 Å². The number of aromatic nitrogens is 2.